The van der Waals surface area contributed by atoms with Gasteiger partial charge >= 0.3 is 11.9 Å². The number of hydrogen-bond donors (Lipinski definition) is 0. The third-order valence-electron chi connectivity index (χ3n) is 8.79. The molecule has 0 radical (unpaired) electrons. The predicted molar refractivity (Wildman–Crippen MR) is 165 cm³/mol. The van der Waals surface area contributed by atoms with Crippen molar-refractivity contribution in [3.63, 3.8) is 0 Å². The van der Waals surface area contributed by atoms with E-state index in [0.29, 0.717) is 67.3 Å². The van der Waals surface area contributed by atoms with E-state index in [1.165, 1.54) is 26.6 Å². The molecule has 0 bridgehead atoms. The van der Waals surface area contributed by atoms with Crippen molar-refractivity contribution < 1.29 is 57.0 Å². The Balaban J connectivity index is 1.22. The van der Waals surface area contributed by atoms with Crippen LogP contribution < -0.4 is 23.7 Å². The van der Waals surface area contributed by atoms with Crippen molar-refractivity contribution in [3.8, 4) is 39.9 Å². The van der Waals surface area contributed by atoms with Gasteiger partial charge in [-0.3, -0.25) is 4.98 Å². The van der Waals surface area contributed by atoms with Crippen LogP contribution in [0.15, 0.2) is 54.9 Å². The van der Waals surface area contributed by atoms with Gasteiger partial charge in [-0.25, -0.2) is 9.59 Å². The maximum atomic E-state index is 13.5. The molecule has 4 aromatic rings. The van der Waals surface area contributed by atoms with Crippen molar-refractivity contribution >= 4 is 22.7 Å². The van der Waals surface area contributed by atoms with E-state index in [9.17, 15) is 9.59 Å². The van der Waals surface area contributed by atoms with Crippen molar-refractivity contribution in [2.24, 2.45) is 0 Å². The topological polar surface area (TPSA) is 139 Å². The molecule has 13 heteroatoms. The van der Waals surface area contributed by atoms with Gasteiger partial charge in [0.25, 0.3) is 0 Å². The second-order valence-electron chi connectivity index (χ2n) is 12.2. The summed E-state index contributed by atoms with van der Waals surface area (Å²) in [6, 6.07) is 12.2. The van der Waals surface area contributed by atoms with E-state index in [1.54, 1.807) is 44.2 Å². The van der Waals surface area contributed by atoms with Crippen LogP contribution in [0.1, 0.15) is 40.1 Å². The van der Waals surface area contributed by atoms with Gasteiger partial charge in [-0.05, 0) is 61.2 Å². The molecule has 5 heterocycles. The van der Waals surface area contributed by atoms with Gasteiger partial charge in [0.15, 0.2) is 40.5 Å². The molecule has 2 fully saturated rings. The van der Waals surface area contributed by atoms with E-state index < -0.39 is 35.7 Å². The van der Waals surface area contributed by atoms with Crippen LogP contribution >= 0.6 is 0 Å². The number of carbonyl (C=O) groups excluding carboxylic acids is 2. The summed E-state index contributed by atoms with van der Waals surface area (Å²) in [5, 5.41) is 1.25. The number of nitrogens with zero attached hydrogens (tertiary/aromatic N) is 1. The van der Waals surface area contributed by atoms with Crippen molar-refractivity contribution in [2.45, 2.75) is 44.2 Å². The molecule has 0 N–H and O–H groups in total. The quantitative estimate of drug-likeness (QED) is 0.240. The first-order valence-corrected chi connectivity index (χ1v) is 15.3. The first kappa shape index (κ1) is 30.2. The lowest BCUT2D eigenvalue weighted by Crippen LogP contribution is -2.47. The van der Waals surface area contributed by atoms with E-state index in [-0.39, 0.29) is 26.6 Å². The number of rotatable bonds is 8. The highest BCUT2D eigenvalue weighted by molar-refractivity contribution is 6.14. The average molecular weight is 658 g/mol. The van der Waals surface area contributed by atoms with Crippen LogP contribution in [0.2, 0.25) is 0 Å². The summed E-state index contributed by atoms with van der Waals surface area (Å²) >= 11 is 0. The van der Waals surface area contributed by atoms with Crippen molar-refractivity contribution in [1.29, 1.82) is 0 Å². The first-order valence-electron chi connectivity index (χ1n) is 15.3. The number of pyridine rings is 1. The molecule has 3 aromatic carbocycles. The van der Waals surface area contributed by atoms with E-state index in [4.69, 9.17) is 47.4 Å². The van der Waals surface area contributed by atoms with Gasteiger partial charge in [-0.15, -0.1) is 0 Å². The minimum absolute atomic E-state index is 0.0113. The van der Waals surface area contributed by atoms with Gasteiger partial charge < -0.3 is 47.4 Å². The summed E-state index contributed by atoms with van der Waals surface area (Å²) in [5.74, 6) is 0.322. The minimum Gasteiger partial charge on any atom is -0.493 e. The minimum atomic E-state index is -1.17. The average Bonchev–Trinajstić information content (AvgIpc) is 3.85. The number of benzene rings is 3. The zero-order valence-electron chi connectivity index (χ0n) is 26.5. The second kappa shape index (κ2) is 11.3. The van der Waals surface area contributed by atoms with E-state index in [2.05, 4.69) is 4.98 Å². The monoisotopic (exact) mass is 657 g/mol. The molecule has 0 unspecified atom stereocenters. The van der Waals surface area contributed by atoms with Gasteiger partial charge in [-0.1, -0.05) is 6.07 Å². The van der Waals surface area contributed by atoms with Crippen LogP contribution in [0.5, 0.6) is 28.7 Å². The number of ether oxygens (including phenoxy) is 10. The normalized spacial score (nSPS) is 23.0. The number of carbonyl (C=O) groups is 2. The second-order valence-corrected chi connectivity index (χ2v) is 12.2. The standard InChI is InChI=1S/C35H31NO12/c1-34(2)47-30-33(43-16-35(30,48-34)15-42-31(37)18-7-9-36-10-8-18)46-29-21-13-25(40-4)24(39-3)12-20(21)27(28-22(29)14-41-32(28)38)19-5-6-23-26(11-19)45-17-44-23/h5-13,30,33H,14-17H2,1-4H3/t30-,33+,35+/m0/s1. The fourth-order valence-electron chi connectivity index (χ4n) is 6.73. The summed E-state index contributed by atoms with van der Waals surface area (Å²) < 4.78 is 59.4. The first-order chi connectivity index (χ1) is 23.2. The summed E-state index contributed by atoms with van der Waals surface area (Å²) in [5.41, 5.74) is 1.36. The van der Waals surface area contributed by atoms with Gasteiger partial charge in [0.2, 0.25) is 13.1 Å². The molecule has 1 aromatic heterocycles. The molecule has 3 atom stereocenters. The molecule has 0 amide bonds. The van der Waals surface area contributed by atoms with Crippen molar-refractivity contribution in [2.75, 3.05) is 34.2 Å². The Hall–Kier alpha value is -5.11. The third kappa shape index (κ3) is 4.84. The lowest BCUT2D eigenvalue weighted by Gasteiger charge is -2.26. The Morgan fingerprint density at radius 2 is 1.69 bits per heavy atom. The molecule has 248 valence electrons. The van der Waals surface area contributed by atoms with Gasteiger partial charge in [0, 0.05) is 28.9 Å². The van der Waals surface area contributed by atoms with Gasteiger partial charge in [-0.2, -0.15) is 0 Å². The van der Waals surface area contributed by atoms with E-state index >= 15 is 0 Å². The largest absolute Gasteiger partial charge is 0.493 e. The number of aromatic nitrogens is 1. The van der Waals surface area contributed by atoms with Crippen LogP contribution in [0.3, 0.4) is 0 Å². The van der Waals surface area contributed by atoms with Crippen LogP contribution in [-0.2, 0) is 30.3 Å². The smallest absolute Gasteiger partial charge is 0.339 e. The molecule has 4 aliphatic rings. The Morgan fingerprint density at radius 3 is 2.46 bits per heavy atom. The highest BCUT2D eigenvalue weighted by atomic mass is 16.8. The third-order valence-corrected chi connectivity index (χ3v) is 8.79. The summed E-state index contributed by atoms with van der Waals surface area (Å²) in [4.78, 5) is 30.3. The Labute approximate surface area is 274 Å². The zero-order valence-corrected chi connectivity index (χ0v) is 26.5. The van der Waals surface area contributed by atoms with Gasteiger partial charge in [0.1, 0.15) is 19.0 Å². The lowest BCUT2D eigenvalue weighted by molar-refractivity contribution is -0.211. The molecule has 2 saturated heterocycles. The molecular weight excluding hydrogens is 626 g/mol. The highest BCUT2D eigenvalue weighted by Crippen LogP contribution is 2.51. The number of fused-ring (bicyclic) bond motifs is 4. The van der Waals surface area contributed by atoms with Gasteiger partial charge in [0.05, 0.1) is 32.0 Å². The molecular formula is C35H31NO12. The Morgan fingerprint density at radius 1 is 0.938 bits per heavy atom. The molecule has 0 aliphatic carbocycles. The number of esters is 2. The number of hydrogen-bond acceptors (Lipinski definition) is 13. The maximum Gasteiger partial charge on any atom is 0.339 e. The summed E-state index contributed by atoms with van der Waals surface area (Å²) in [6.45, 7) is 3.46. The fourth-order valence-corrected chi connectivity index (χ4v) is 6.73. The number of methoxy groups -OCH3 is 2. The van der Waals surface area contributed by atoms with Crippen molar-refractivity contribution in [3.05, 3.63) is 71.5 Å². The molecule has 0 spiro atoms. The molecule has 13 nitrogen and oxygen atoms in total. The number of cyclic esters (lactones) is 1. The predicted octanol–water partition coefficient (Wildman–Crippen LogP) is 4.80. The fraction of sp³-hybridized carbons (Fsp3) is 0.343. The molecule has 4 aliphatic heterocycles. The van der Waals surface area contributed by atoms with E-state index in [1.807, 2.05) is 12.1 Å². The zero-order chi connectivity index (χ0) is 33.2. The van der Waals surface area contributed by atoms with E-state index in [0.717, 1.165) is 0 Å². The Bertz CT molecular complexity index is 1960. The molecule has 48 heavy (non-hydrogen) atoms. The Kier molecular flexibility index (Phi) is 7.09. The molecule has 8 rings (SSSR count). The lowest BCUT2D eigenvalue weighted by atomic mass is 9.89. The summed E-state index contributed by atoms with van der Waals surface area (Å²) in [7, 11) is 3.08. The summed E-state index contributed by atoms with van der Waals surface area (Å²) in [6.07, 6.45) is 1.20. The maximum absolute atomic E-state index is 13.5. The van der Waals surface area contributed by atoms with Crippen LogP contribution in [0.25, 0.3) is 21.9 Å². The van der Waals surface area contributed by atoms with Crippen LogP contribution in [0.4, 0.5) is 0 Å². The SMILES string of the molecule is COc1cc2c(O[C@H]3OC[C@@]4(COC(=O)c5ccncc5)OC(C)(C)O[C@@H]34)c3c(c(-c4ccc5c(c4)OCO5)c2cc1OC)C(=O)OC3. The highest BCUT2D eigenvalue weighted by Gasteiger charge is 2.63. The molecule has 0 saturated carbocycles. The van der Waals surface area contributed by atoms with Crippen LogP contribution in [0, 0.1) is 0 Å². The van der Waals surface area contributed by atoms with Crippen LogP contribution in [-0.4, -0.2) is 74.9 Å². The van der Waals surface area contributed by atoms with Crippen molar-refractivity contribution in [1.82, 2.24) is 4.98 Å².